The number of ether oxygens (including phenoxy) is 1. The Hall–Kier alpha value is -3.91. The Balaban J connectivity index is 1.26. The molecular weight excluding hydrogens is 428 g/mol. The number of para-hydroxylation sites is 2. The number of likely N-dealkylation sites (tertiary alicyclic amines) is 1. The maximum absolute atomic E-state index is 11.1. The Morgan fingerprint density at radius 2 is 1.76 bits per heavy atom. The van der Waals surface area contributed by atoms with Gasteiger partial charge >= 0.3 is 0 Å². The molecule has 1 fully saturated rings. The zero-order valence-corrected chi connectivity index (χ0v) is 18.8. The van der Waals surface area contributed by atoms with Gasteiger partial charge in [0.05, 0.1) is 5.69 Å². The number of H-pyrrole nitrogens is 1. The van der Waals surface area contributed by atoms with Gasteiger partial charge in [0.25, 0.3) is 0 Å². The number of tetrazole rings is 1. The van der Waals surface area contributed by atoms with Gasteiger partial charge in [0.1, 0.15) is 11.4 Å². The summed E-state index contributed by atoms with van der Waals surface area (Å²) < 4.78 is 6.23. The number of phenols is 1. The highest BCUT2D eigenvalue weighted by Crippen LogP contribution is 2.53. The Bertz CT molecular complexity index is 1270. The molecule has 0 radical (unpaired) electrons. The normalized spacial score (nSPS) is 16.1. The van der Waals surface area contributed by atoms with Crippen LogP contribution in [0.15, 0.2) is 66.7 Å². The molecule has 2 N–H and O–H groups in total. The number of nitrogens with one attached hydrogen (secondary N) is 1. The molecule has 3 heterocycles. The third kappa shape index (κ3) is 3.86. The molecule has 1 saturated heterocycles. The fraction of sp³-hybridized carbons (Fsp3) is 0.269. The average Bonchev–Trinajstić information content (AvgIpc) is 3.42. The van der Waals surface area contributed by atoms with E-state index in [0.29, 0.717) is 22.8 Å². The second-order valence-corrected chi connectivity index (χ2v) is 8.83. The third-order valence-electron chi connectivity index (χ3n) is 6.73. The van der Waals surface area contributed by atoms with E-state index in [0.717, 1.165) is 50.3 Å². The first kappa shape index (κ1) is 20.7. The number of nitrogens with zero attached hydrogens (tertiary/aromatic N) is 5. The predicted octanol–water partition coefficient (Wildman–Crippen LogP) is 4.52. The van der Waals surface area contributed by atoms with E-state index < -0.39 is 0 Å². The molecule has 34 heavy (non-hydrogen) atoms. The Morgan fingerprint density at radius 3 is 2.56 bits per heavy atom. The van der Waals surface area contributed by atoms with Crippen LogP contribution in [-0.4, -0.2) is 56.3 Å². The van der Waals surface area contributed by atoms with Gasteiger partial charge in [0.2, 0.25) is 5.82 Å². The van der Waals surface area contributed by atoms with Gasteiger partial charge in [-0.3, -0.25) is 0 Å². The zero-order chi connectivity index (χ0) is 22.9. The summed E-state index contributed by atoms with van der Waals surface area (Å²) in [6.45, 7) is 3.11. The van der Waals surface area contributed by atoms with Crippen molar-refractivity contribution in [1.82, 2.24) is 25.5 Å². The van der Waals surface area contributed by atoms with Gasteiger partial charge in [-0.1, -0.05) is 42.5 Å². The molecule has 0 unspecified atom stereocenters. The first-order valence-electron chi connectivity index (χ1n) is 11.7. The number of benzene rings is 3. The maximum atomic E-state index is 11.1. The van der Waals surface area contributed by atoms with Crippen LogP contribution < -0.4 is 9.64 Å². The first-order valence-corrected chi connectivity index (χ1v) is 11.7. The Morgan fingerprint density at radius 1 is 0.971 bits per heavy atom. The molecule has 4 aromatic rings. The van der Waals surface area contributed by atoms with Crippen molar-refractivity contribution in [3.8, 4) is 28.6 Å². The molecular formula is C26H26N6O2. The number of anilines is 2. The first-order chi connectivity index (χ1) is 16.8. The third-order valence-corrected chi connectivity index (χ3v) is 6.73. The number of piperidine rings is 1. The lowest BCUT2D eigenvalue weighted by molar-refractivity contribution is 0.214. The number of phenolic OH excluding ortho intramolecular Hbond substituents is 1. The fourth-order valence-corrected chi connectivity index (χ4v) is 5.02. The molecule has 1 aromatic heterocycles. The zero-order valence-electron chi connectivity index (χ0n) is 18.8. The van der Waals surface area contributed by atoms with Gasteiger partial charge in [0, 0.05) is 31.2 Å². The van der Waals surface area contributed by atoms with E-state index in [2.05, 4.69) is 66.8 Å². The van der Waals surface area contributed by atoms with Crippen molar-refractivity contribution in [3.63, 3.8) is 0 Å². The summed E-state index contributed by atoms with van der Waals surface area (Å²) in [7, 11) is 0. The quantitative estimate of drug-likeness (QED) is 0.458. The van der Waals surface area contributed by atoms with Gasteiger partial charge in [0.15, 0.2) is 11.5 Å². The van der Waals surface area contributed by atoms with E-state index in [1.807, 2.05) is 24.3 Å². The summed E-state index contributed by atoms with van der Waals surface area (Å²) in [5.74, 6) is 1.95. The van der Waals surface area contributed by atoms with Gasteiger partial charge < -0.3 is 19.6 Å². The second kappa shape index (κ2) is 8.79. The topological polar surface area (TPSA) is 90.4 Å². The Kier molecular flexibility index (Phi) is 5.35. The molecule has 2 aliphatic heterocycles. The SMILES string of the molecule is Oc1cc(-c2nn[nH]n2)cc2c1N(C1CCN(CCc3ccccc3)CC1)c1ccccc1O2. The van der Waals surface area contributed by atoms with E-state index in [1.54, 1.807) is 6.07 Å². The molecule has 0 amide bonds. The predicted molar refractivity (Wildman–Crippen MR) is 130 cm³/mol. The minimum atomic E-state index is 0.151. The van der Waals surface area contributed by atoms with Crippen LogP contribution in [0.4, 0.5) is 11.4 Å². The molecule has 0 aliphatic carbocycles. The van der Waals surface area contributed by atoms with Crippen LogP contribution in [0.1, 0.15) is 18.4 Å². The van der Waals surface area contributed by atoms with E-state index in [9.17, 15) is 5.11 Å². The molecule has 0 atom stereocenters. The Labute approximate surface area is 197 Å². The lowest BCUT2D eigenvalue weighted by Gasteiger charge is -2.42. The molecule has 2 aliphatic rings. The summed E-state index contributed by atoms with van der Waals surface area (Å²) in [5, 5.41) is 25.3. The van der Waals surface area contributed by atoms with Crippen molar-refractivity contribution in [2.24, 2.45) is 0 Å². The van der Waals surface area contributed by atoms with Gasteiger partial charge in [-0.25, -0.2) is 0 Å². The number of hydrogen-bond donors (Lipinski definition) is 2. The number of rotatable bonds is 5. The molecule has 0 saturated carbocycles. The van der Waals surface area contributed by atoms with Crippen LogP contribution in [-0.2, 0) is 6.42 Å². The number of aromatic nitrogens is 4. The molecule has 8 nitrogen and oxygen atoms in total. The average molecular weight is 455 g/mol. The molecule has 0 spiro atoms. The van der Waals surface area contributed by atoms with Crippen molar-refractivity contribution in [1.29, 1.82) is 0 Å². The highest BCUT2D eigenvalue weighted by molar-refractivity contribution is 5.85. The van der Waals surface area contributed by atoms with Gasteiger partial charge in [-0.2, -0.15) is 5.21 Å². The van der Waals surface area contributed by atoms with Crippen LogP contribution in [0.3, 0.4) is 0 Å². The molecule has 8 heteroatoms. The van der Waals surface area contributed by atoms with Gasteiger partial charge in [-0.15, -0.1) is 10.2 Å². The monoisotopic (exact) mass is 454 g/mol. The van der Waals surface area contributed by atoms with E-state index in [4.69, 9.17) is 4.74 Å². The highest BCUT2D eigenvalue weighted by atomic mass is 16.5. The minimum absolute atomic E-state index is 0.151. The fourth-order valence-electron chi connectivity index (χ4n) is 5.02. The lowest BCUT2D eigenvalue weighted by Crippen LogP contribution is -2.44. The number of aromatic hydroxyl groups is 1. The lowest BCUT2D eigenvalue weighted by atomic mass is 9.98. The maximum Gasteiger partial charge on any atom is 0.204 e. The van der Waals surface area contributed by atoms with E-state index in [1.165, 1.54) is 5.56 Å². The van der Waals surface area contributed by atoms with Crippen molar-refractivity contribution < 1.29 is 9.84 Å². The summed E-state index contributed by atoms with van der Waals surface area (Å²) in [6.07, 6.45) is 3.08. The van der Waals surface area contributed by atoms with E-state index in [-0.39, 0.29) is 11.8 Å². The van der Waals surface area contributed by atoms with Crippen LogP contribution in [0, 0.1) is 0 Å². The molecule has 172 valence electrons. The van der Waals surface area contributed by atoms with E-state index >= 15 is 0 Å². The molecule has 3 aromatic carbocycles. The summed E-state index contributed by atoms with van der Waals surface area (Å²) >= 11 is 0. The molecule has 6 rings (SSSR count). The van der Waals surface area contributed by atoms with Gasteiger partial charge in [-0.05, 0) is 54.3 Å². The number of hydrogen-bond acceptors (Lipinski definition) is 7. The summed E-state index contributed by atoms with van der Waals surface area (Å²) in [4.78, 5) is 4.80. The largest absolute Gasteiger partial charge is 0.506 e. The van der Waals surface area contributed by atoms with Crippen LogP contribution in [0.2, 0.25) is 0 Å². The summed E-state index contributed by atoms with van der Waals surface area (Å²) in [6, 6.07) is 22.5. The minimum Gasteiger partial charge on any atom is -0.506 e. The summed E-state index contributed by atoms with van der Waals surface area (Å²) in [5.41, 5.74) is 3.72. The van der Waals surface area contributed by atoms with Crippen molar-refractivity contribution in [2.45, 2.75) is 25.3 Å². The number of fused-ring (bicyclic) bond motifs is 2. The second-order valence-electron chi connectivity index (χ2n) is 8.83. The smallest absolute Gasteiger partial charge is 0.204 e. The highest BCUT2D eigenvalue weighted by Gasteiger charge is 2.34. The number of aromatic amines is 1. The van der Waals surface area contributed by atoms with Crippen molar-refractivity contribution in [2.75, 3.05) is 24.5 Å². The van der Waals surface area contributed by atoms with Crippen LogP contribution in [0.5, 0.6) is 17.2 Å². The molecule has 0 bridgehead atoms. The standard InChI is InChI=1S/C26H26N6O2/c33-22-16-19(26-27-29-30-28-26)17-24-25(22)32(21-8-4-5-9-23(21)34-24)20-11-14-31(15-12-20)13-10-18-6-2-1-3-7-18/h1-9,16-17,20,33H,10-15H2,(H,27,28,29,30). The van der Waals surface area contributed by atoms with Crippen molar-refractivity contribution >= 4 is 11.4 Å². The van der Waals surface area contributed by atoms with Crippen LogP contribution in [0.25, 0.3) is 11.4 Å². The van der Waals surface area contributed by atoms with Crippen molar-refractivity contribution in [3.05, 3.63) is 72.3 Å². The van der Waals surface area contributed by atoms with Crippen LogP contribution >= 0.6 is 0 Å².